The zero-order valence-electron chi connectivity index (χ0n) is 13.2. The number of allylic oxidation sites excluding steroid dienone is 2. The summed E-state index contributed by atoms with van der Waals surface area (Å²) < 4.78 is 0. The molecule has 2 heteroatoms. The van der Waals surface area contributed by atoms with Crippen molar-refractivity contribution in [1.29, 1.82) is 0 Å². The van der Waals surface area contributed by atoms with Gasteiger partial charge in [-0.15, -0.1) is 0 Å². The second-order valence-electron chi connectivity index (χ2n) is 5.05. The van der Waals surface area contributed by atoms with Gasteiger partial charge in [0.25, 0.3) is 0 Å². The largest absolute Gasteiger partial charge is 0.393 e. The first-order valence-corrected chi connectivity index (χ1v) is 7.91. The molecule has 0 aromatic carbocycles. The van der Waals surface area contributed by atoms with Crippen molar-refractivity contribution in [2.45, 2.75) is 91.1 Å². The van der Waals surface area contributed by atoms with Crippen LogP contribution in [0.15, 0.2) is 12.2 Å². The highest BCUT2D eigenvalue weighted by Crippen LogP contribution is 2.09. The number of aliphatic hydroxyl groups is 1. The fourth-order valence-electron chi connectivity index (χ4n) is 1.54. The Labute approximate surface area is 120 Å². The van der Waals surface area contributed by atoms with Crippen LogP contribution in [0.2, 0.25) is 0 Å². The van der Waals surface area contributed by atoms with Crippen molar-refractivity contribution in [3.63, 3.8) is 0 Å². The lowest BCUT2D eigenvalue weighted by Crippen LogP contribution is -1.93. The van der Waals surface area contributed by atoms with Gasteiger partial charge in [0.2, 0.25) is 0 Å². The molecule has 0 amide bonds. The van der Waals surface area contributed by atoms with Crippen molar-refractivity contribution in [2.75, 3.05) is 0 Å². The summed E-state index contributed by atoms with van der Waals surface area (Å²) in [6.45, 7) is 5.80. The standard InChI is InChI=1S/C13H24O.C4H10O/c1-2-3-4-5-6-7-8-9-10-11-12-13-14;1-3-4(2)5/h2-3,13H,4-12H2,1H3;4-5H,3H2,1-2H3/b3-2+;. The number of hydrogen-bond donors (Lipinski definition) is 1. The van der Waals surface area contributed by atoms with E-state index in [1.807, 2.05) is 6.92 Å². The molecule has 1 unspecified atom stereocenters. The summed E-state index contributed by atoms with van der Waals surface area (Å²) in [4.78, 5) is 10.0. The third-order valence-corrected chi connectivity index (χ3v) is 3.02. The molecule has 0 saturated heterocycles. The molecule has 114 valence electrons. The second-order valence-corrected chi connectivity index (χ2v) is 5.05. The molecule has 0 radical (unpaired) electrons. The molecule has 0 aromatic heterocycles. The number of aliphatic hydroxyl groups excluding tert-OH is 1. The highest BCUT2D eigenvalue weighted by molar-refractivity contribution is 5.48. The molecule has 1 N–H and O–H groups in total. The van der Waals surface area contributed by atoms with Gasteiger partial charge >= 0.3 is 0 Å². The third kappa shape index (κ3) is 26.8. The van der Waals surface area contributed by atoms with Gasteiger partial charge in [-0.3, -0.25) is 0 Å². The van der Waals surface area contributed by atoms with Gasteiger partial charge in [0.15, 0.2) is 0 Å². The Bertz CT molecular complexity index is 186. The van der Waals surface area contributed by atoms with Gasteiger partial charge in [-0.05, 0) is 39.5 Å². The zero-order chi connectivity index (χ0) is 14.8. The van der Waals surface area contributed by atoms with Crippen LogP contribution in [0.25, 0.3) is 0 Å². The molecular weight excluding hydrogens is 236 g/mol. The number of carbonyl (C=O) groups excluding carboxylic acids is 1. The van der Waals surface area contributed by atoms with Gasteiger partial charge in [0, 0.05) is 6.42 Å². The predicted octanol–water partition coefficient (Wildman–Crippen LogP) is 5.05. The summed E-state index contributed by atoms with van der Waals surface area (Å²) in [6.07, 6.45) is 17.1. The lowest BCUT2D eigenvalue weighted by atomic mass is 10.1. The van der Waals surface area contributed by atoms with E-state index in [-0.39, 0.29) is 6.10 Å². The molecule has 0 fully saturated rings. The molecule has 0 aromatic rings. The minimum absolute atomic E-state index is 0.116. The van der Waals surface area contributed by atoms with Crippen molar-refractivity contribution in [2.24, 2.45) is 0 Å². The molecule has 19 heavy (non-hydrogen) atoms. The normalized spacial score (nSPS) is 12.0. The zero-order valence-corrected chi connectivity index (χ0v) is 13.2. The summed E-state index contributed by atoms with van der Waals surface area (Å²) in [7, 11) is 0. The maximum atomic E-state index is 10.0. The van der Waals surface area contributed by atoms with Crippen molar-refractivity contribution in [3.05, 3.63) is 12.2 Å². The summed E-state index contributed by atoms with van der Waals surface area (Å²) >= 11 is 0. The second kappa shape index (κ2) is 19.7. The minimum Gasteiger partial charge on any atom is -0.393 e. The molecule has 0 saturated carbocycles. The molecule has 0 rings (SSSR count). The van der Waals surface area contributed by atoms with Gasteiger partial charge in [0.05, 0.1) is 6.10 Å². The van der Waals surface area contributed by atoms with Crippen molar-refractivity contribution < 1.29 is 9.90 Å². The number of hydrogen-bond acceptors (Lipinski definition) is 2. The van der Waals surface area contributed by atoms with Crippen LogP contribution in [0.4, 0.5) is 0 Å². The number of aldehydes is 1. The highest BCUT2D eigenvalue weighted by Gasteiger charge is 1.90. The summed E-state index contributed by atoms with van der Waals surface area (Å²) in [5.74, 6) is 0. The third-order valence-electron chi connectivity index (χ3n) is 3.02. The van der Waals surface area contributed by atoms with Crippen molar-refractivity contribution >= 4 is 6.29 Å². The van der Waals surface area contributed by atoms with Gasteiger partial charge in [-0.2, -0.15) is 0 Å². The van der Waals surface area contributed by atoms with Crippen LogP contribution in [-0.2, 0) is 4.79 Å². The molecule has 0 heterocycles. The lowest BCUT2D eigenvalue weighted by molar-refractivity contribution is -0.107. The fourth-order valence-corrected chi connectivity index (χ4v) is 1.54. The first kappa shape index (κ1) is 20.7. The van der Waals surface area contributed by atoms with E-state index in [0.29, 0.717) is 0 Å². The fraction of sp³-hybridized carbons (Fsp3) is 0.824. The monoisotopic (exact) mass is 270 g/mol. The minimum atomic E-state index is -0.116. The molecular formula is C17H34O2. The van der Waals surface area contributed by atoms with Crippen LogP contribution in [0.3, 0.4) is 0 Å². The van der Waals surface area contributed by atoms with E-state index in [9.17, 15) is 4.79 Å². The van der Waals surface area contributed by atoms with Crippen LogP contribution < -0.4 is 0 Å². The summed E-state index contributed by atoms with van der Waals surface area (Å²) in [5.41, 5.74) is 0. The van der Waals surface area contributed by atoms with Crippen LogP contribution in [0, 0.1) is 0 Å². The summed E-state index contributed by atoms with van der Waals surface area (Å²) in [6, 6.07) is 0. The van der Waals surface area contributed by atoms with E-state index in [1.54, 1.807) is 6.92 Å². The Morgan fingerprint density at radius 1 is 0.947 bits per heavy atom. The van der Waals surface area contributed by atoms with E-state index in [1.165, 1.54) is 44.9 Å². The molecule has 2 nitrogen and oxygen atoms in total. The maximum Gasteiger partial charge on any atom is 0.119 e. The van der Waals surface area contributed by atoms with E-state index < -0.39 is 0 Å². The molecule has 1 atom stereocenters. The number of carbonyl (C=O) groups is 1. The Hall–Kier alpha value is -0.630. The highest BCUT2D eigenvalue weighted by atomic mass is 16.3. The maximum absolute atomic E-state index is 10.0. The first-order chi connectivity index (χ1) is 9.18. The Morgan fingerprint density at radius 2 is 1.37 bits per heavy atom. The van der Waals surface area contributed by atoms with E-state index in [2.05, 4.69) is 19.1 Å². The Morgan fingerprint density at radius 3 is 1.74 bits per heavy atom. The topological polar surface area (TPSA) is 37.3 Å². The van der Waals surface area contributed by atoms with Crippen LogP contribution in [0.5, 0.6) is 0 Å². The van der Waals surface area contributed by atoms with Crippen LogP contribution >= 0.6 is 0 Å². The van der Waals surface area contributed by atoms with Gasteiger partial charge in [0.1, 0.15) is 6.29 Å². The first-order valence-electron chi connectivity index (χ1n) is 7.91. The average Bonchev–Trinajstić information content (AvgIpc) is 2.41. The van der Waals surface area contributed by atoms with E-state index in [4.69, 9.17) is 5.11 Å². The number of unbranched alkanes of at least 4 members (excludes halogenated alkanes) is 8. The lowest BCUT2D eigenvalue weighted by Gasteiger charge is -1.99. The molecule has 0 aliphatic carbocycles. The van der Waals surface area contributed by atoms with Crippen LogP contribution in [-0.4, -0.2) is 17.5 Å². The van der Waals surface area contributed by atoms with Gasteiger partial charge in [-0.25, -0.2) is 0 Å². The molecule has 0 bridgehead atoms. The Kier molecular flexibility index (Phi) is 21.4. The van der Waals surface area contributed by atoms with E-state index >= 15 is 0 Å². The van der Waals surface area contributed by atoms with Gasteiger partial charge in [-0.1, -0.05) is 51.2 Å². The predicted molar refractivity (Wildman–Crippen MR) is 84.4 cm³/mol. The SMILES string of the molecule is C/C=C/CCCCCCCCCC=O.CCC(C)O. The molecule has 0 spiro atoms. The quantitative estimate of drug-likeness (QED) is 0.324. The summed E-state index contributed by atoms with van der Waals surface area (Å²) in [5, 5.41) is 8.36. The molecule has 0 aliphatic heterocycles. The average molecular weight is 270 g/mol. The Balaban J connectivity index is 0. The van der Waals surface area contributed by atoms with E-state index in [0.717, 1.165) is 25.5 Å². The van der Waals surface area contributed by atoms with Crippen molar-refractivity contribution in [1.82, 2.24) is 0 Å². The number of rotatable bonds is 11. The van der Waals surface area contributed by atoms with Gasteiger partial charge < -0.3 is 9.90 Å². The smallest absolute Gasteiger partial charge is 0.119 e. The molecule has 0 aliphatic rings. The van der Waals surface area contributed by atoms with Crippen molar-refractivity contribution in [3.8, 4) is 0 Å². The van der Waals surface area contributed by atoms with Crippen LogP contribution in [0.1, 0.15) is 85.0 Å².